The van der Waals surface area contributed by atoms with Gasteiger partial charge in [-0.2, -0.15) is 0 Å². The van der Waals surface area contributed by atoms with Crippen LogP contribution >= 0.6 is 0 Å². The van der Waals surface area contributed by atoms with Gasteiger partial charge in [0.05, 0.1) is 0 Å². The molecule has 0 aliphatic carbocycles. The molecule has 226 valence electrons. The maximum Gasteiger partial charge on any atom is 0.509 e. The van der Waals surface area contributed by atoms with E-state index in [1.54, 1.807) is 40.7 Å². The fourth-order valence-corrected chi connectivity index (χ4v) is 3.45. The predicted molar refractivity (Wildman–Crippen MR) is 150 cm³/mol. The molecule has 0 aromatic heterocycles. The van der Waals surface area contributed by atoms with Crippen LogP contribution in [-0.2, 0) is 35.0 Å². The lowest BCUT2D eigenvalue weighted by Crippen LogP contribution is -2.40. The van der Waals surface area contributed by atoms with Crippen LogP contribution in [0.5, 0.6) is 11.5 Å². The summed E-state index contributed by atoms with van der Waals surface area (Å²) in [7, 11) is 0. The first kappa shape index (κ1) is 34.9. The molecule has 40 heavy (non-hydrogen) atoms. The van der Waals surface area contributed by atoms with Crippen LogP contribution < -0.4 is 15.2 Å². The van der Waals surface area contributed by atoms with E-state index in [1.807, 2.05) is 13.8 Å². The SMILES string of the molecule is CCCCCC(=O)Oc1ccc(C[C@H](N)C(=O)O[C@@H](C)C(C)OC(=O)OC(C)(C)C)cc1OC(=O)CCCCC. The molecule has 0 aliphatic heterocycles. The summed E-state index contributed by atoms with van der Waals surface area (Å²) in [6.07, 6.45) is 3.27. The van der Waals surface area contributed by atoms with Gasteiger partial charge in [-0.3, -0.25) is 14.4 Å². The molecule has 0 saturated heterocycles. The number of ether oxygens (including phenoxy) is 5. The van der Waals surface area contributed by atoms with Gasteiger partial charge in [-0.25, -0.2) is 4.79 Å². The lowest BCUT2D eigenvalue weighted by atomic mass is 10.1. The van der Waals surface area contributed by atoms with Crippen molar-refractivity contribution in [3.8, 4) is 11.5 Å². The minimum atomic E-state index is -1.05. The van der Waals surface area contributed by atoms with Crippen LogP contribution in [0.25, 0.3) is 0 Å². The van der Waals surface area contributed by atoms with Crippen LogP contribution in [0.1, 0.15) is 105 Å². The Morgan fingerprint density at radius 2 is 1.32 bits per heavy atom. The number of nitrogens with two attached hydrogens (primary N) is 1. The summed E-state index contributed by atoms with van der Waals surface area (Å²) in [6.45, 7) is 12.4. The molecular weight excluding hydrogens is 518 g/mol. The third-order valence-corrected chi connectivity index (χ3v) is 5.82. The molecule has 10 heteroatoms. The van der Waals surface area contributed by atoms with Gasteiger partial charge in [-0.05, 0) is 71.6 Å². The Bertz CT molecular complexity index is 970. The highest BCUT2D eigenvalue weighted by molar-refractivity contribution is 5.77. The average Bonchev–Trinajstić information content (AvgIpc) is 2.84. The van der Waals surface area contributed by atoms with E-state index in [0.29, 0.717) is 18.4 Å². The second-order valence-electron chi connectivity index (χ2n) is 10.9. The molecule has 0 aliphatic rings. The van der Waals surface area contributed by atoms with Gasteiger partial charge in [-0.1, -0.05) is 45.6 Å². The van der Waals surface area contributed by atoms with Crippen molar-refractivity contribution in [2.24, 2.45) is 5.73 Å². The summed E-state index contributed by atoms with van der Waals surface area (Å²) in [6, 6.07) is 3.66. The molecule has 0 fully saturated rings. The van der Waals surface area contributed by atoms with Crippen molar-refractivity contribution in [1.29, 1.82) is 0 Å². The average molecular weight is 566 g/mol. The van der Waals surface area contributed by atoms with Gasteiger partial charge < -0.3 is 29.4 Å². The van der Waals surface area contributed by atoms with Gasteiger partial charge >= 0.3 is 24.1 Å². The lowest BCUT2D eigenvalue weighted by molar-refractivity contribution is -0.156. The monoisotopic (exact) mass is 565 g/mol. The van der Waals surface area contributed by atoms with Crippen molar-refractivity contribution in [3.05, 3.63) is 23.8 Å². The lowest BCUT2D eigenvalue weighted by Gasteiger charge is -2.24. The highest BCUT2D eigenvalue weighted by Crippen LogP contribution is 2.30. The van der Waals surface area contributed by atoms with E-state index in [4.69, 9.17) is 29.4 Å². The molecule has 0 radical (unpaired) electrons. The zero-order valence-electron chi connectivity index (χ0n) is 25.1. The van der Waals surface area contributed by atoms with Crippen molar-refractivity contribution in [2.45, 2.75) is 130 Å². The molecule has 10 nitrogen and oxygen atoms in total. The molecule has 0 amide bonds. The normalized spacial score (nSPS) is 13.5. The maximum absolute atomic E-state index is 12.7. The van der Waals surface area contributed by atoms with Crippen molar-refractivity contribution in [1.82, 2.24) is 0 Å². The first-order valence-electron chi connectivity index (χ1n) is 14.2. The van der Waals surface area contributed by atoms with Gasteiger partial charge in [0.1, 0.15) is 23.9 Å². The van der Waals surface area contributed by atoms with Crippen LogP contribution in [-0.4, -0.2) is 47.9 Å². The Hall–Kier alpha value is -3.14. The van der Waals surface area contributed by atoms with Crippen LogP contribution in [0.4, 0.5) is 4.79 Å². The van der Waals surface area contributed by atoms with E-state index >= 15 is 0 Å². The smallest absolute Gasteiger partial charge is 0.458 e. The molecule has 2 N–H and O–H groups in total. The van der Waals surface area contributed by atoms with Gasteiger partial charge in [0.25, 0.3) is 0 Å². The largest absolute Gasteiger partial charge is 0.509 e. The van der Waals surface area contributed by atoms with E-state index in [0.717, 1.165) is 25.7 Å². The van der Waals surface area contributed by atoms with E-state index < -0.39 is 47.9 Å². The molecule has 1 aromatic carbocycles. The summed E-state index contributed by atoms with van der Waals surface area (Å²) in [5.41, 5.74) is 5.96. The summed E-state index contributed by atoms with van der Waals surface area (Å²) in [4.78, 5) is 49.3. The third-order valence-electron chi connectivity index (χ3n) is 5.82. The Kier molecular flexibility index (Phi) is 15.3. The molecule has 0 spiro atoms. The van der Waals surface area contributed by atoms with Crippen LogP contribution in [0.2, 0.25) is 0 Å². The second kappa shape index (κ2) is 17.5. The minimum Gasteiger partial charge on any atom is -0.458 e. The molecule has 0 saturated carbocycles. The molecule has 1 rings (SSSR count). The Labute approximate surface area is 238 Å². The number of esters is 3. The fourth-order valence-electron chi connectivity index (χ4n) is 3.45. The first-order chi connectivity index (χ1) is 18.7. The number of carbonyl (C=O) groups excluding carboxylic acids is 4. The van der Waals surface area contributed by atoms with Crippen LogP contribution in [0.15, 0.2) is 18.2 Å². The molecule has 0 bridgehead atoms. The standard InChI is InChI=1S/C30H47NO9/c1-8-10-12-14-26(32)38-24-17-16-22(19-25(24)39-27(33)15-13-11-9-2)18-23(31)28(34)36-20(3)21(4)37-29(35)40-30(5,6)7/h16-17,19-21,23H,8-15,18,31H2,1-7H3/t20-,21?,23-/m0/s1. The Morgan fingerprint density at radius 1 is 0.800 bits per heavy atom. The number of carbonyl (C=O) groups is 4. The highest BCUT2D eigenvalue weighted by atomic mass is 16.7. The Balaban J connectivity index is 2.88. The predicted octanol–water partition coefficient (Wildman–Crippen LogP) is 5.80. The number of rotatable bonds is 16. The quantitative estimate of drug-likeness (QED) is 0.148. The number of unbranched alkanes of at least 4 members (excludes halogenated alkanes) is 4. The third kappa shape index (κ3) is 14.3. The summed E-state index contributed by atoms with van der Waals surface area (Å²) in [5, 5.41) is 0. The summed E-state index contributed by atoms with van der Waals surface area (Å²) in [5.74, 6) is -1.33. The van der Waals surface area contributed by atoms with Gasteiger partial charge in [-0.15, -0.1) is 0 Å². The zero-order chi connectivity index (χ0) is 30.3. The number of hydrogen-bond acceptors (Lipinski definition) is 10. The van der Waals surface area contributed by atoms with Crippen LogP contribution in [0, 0.1) is 0 Å². The maximum atomic E-state index is 12.7. The summed E-state index contributed by atoms with van der Waals surface area (Å²) >= 11 is 0. The van der Waals surface area contributed by atoms with E-state index in [-0.39, 0.29) is 30.8 Å². The van der Waals surface area contributed by atoms with Crippen molar-refractivity contribution >= 4 is 24.1 Å². The fraction of sp³-hybridized carbons (Fsp3) is 0.667. The minimum absolute atomic E-state index is 0.0674. The van der Waals surface area contributed by atoms with Gasteiger partial charge in [0.2, 0.25) is 0 Å². The van der Waals surface area contributed by atoms with Crippen molar-refractivity contribution in [2.75, 3.05) is 0 Å². The topological polar surface area (TPSA) is 140 Å². The highest BCUT2D eigenvalue weighted by Gasteiger charge is 2.27. The molecule has 3 atom stereocenters. The molecule has 0 heterocycles. The molecule has 1 unspecified atom stereocenters. The van der Waals surface area contributed by atoms with Crippen molar-refractivity contribution in [3.63, 3.8) is 0 Å². The van der Waals surface area contributed by atoms with E-state index in [1.165, 1.54) is 12.1 Å². The van der Waals surface area contributed by atoms with E-state index in [2.05, 4.69) is 0 Å². The zero-order valence-corrected chi connectivity index (χ0v) is 25.1. The second-order valence-corrected chi connectivity index (χ2v) is 10.9. The van der Waals surface area contributed by atoms with Gasteiger partial charge in [0, 0.05) is 12.8 Å². The number of hydrogen-bond donors (Lipinski definition) is 1. The molecular formula is C30H47NO9. The van der Waals surface area contributed by atoms with Crippen molar-refractivity contribution < 1.29 is 42.9 Å². The molecule has 1 aromatic rings. The van der Waals surface area contributed by atoms with Crippen LogP contribution in [0.3, 0.4) is 0 Å². The van der Waals surface area contributed by atoms with E-state index in [9.17, 15) is 19.2 Å². The first-order valence-corrected chi connectivity index (χ1v) is 14.2. The summed E-state index contributed by atoms with van der Waals surface area (Å²) < 4.78 is 26.7. The number of benzene rings is 1. The Morgan fingerprint density at radius 3 is 1.85 bits per heavy atom. The van der Waals surface area contributed by atoms with Gasteiger partial charge in [0.15, 0.2) is 11.5 Å².